The number of aryl methyl sites for hydroxylation is 1. The number of hydrogen-bond donors (Lipinski definition) is 2. The molecule has 4 rings (SSSR count). The maximum Gasteiger partial charge on any atom is 0.276 e. The van der Waals surface area contributed by atoms with Gasteiger partial charge in [0.1, 0.15) is 5.52 Å². The van der Waals surface area contributed by atoms with E-state index in [0.29, 0.717) is 27.8 Å². The van der Waals surface area contributed by atoms with E-state index in [1.165, 1.54) is 22.9 Å². The molecule has 1 aliphatic heterocycles. The summed E-state index contributed by atoms with van der Waals surface area (Å²) in [4.78, 5) is 24.8. The molecule has 152 valence electrons. The predicted molar refractivity (Wildman–Crippen MR) is 108 cm³/mol. The number of fused-ring (bicyclic) bond motifs is 2. The molecule has 3 heterocycles. The van der Waals surface area contributed by atoms with E-state index in [4.69, 9.17) is 4.74 Å². The van der Waals surface area contributed by atoms with Crippen molar-refractivity contribution in [3.63, 3.8) is 0 Å². The summed E-state index contributed by atoms with van der Waals surface area (Å²) in [6, 6.07) is 2.88. The van der Waals surface area contributed by atoms with Crippen LogP contribution in [0.3, 0.4) is 0 Å². The first-order valence-electron chi connectivity index (χ1n) is 8.96. The molecule has 10 heteroatoms. The van der Waals surface area contributed by atoms with Gasteiger partial charge in [-0.3, -0.25) is 14.7 Å². The van der Waals surface area contributed by atoms with Gasteiger partial charge >= 0.3 is 0 Å². The lowest BCUT2D eigenvalue weighted by atomic mass is 9.99. The number of carbonyl (C=O) groups is 1. The zero-order valence-electron chi connectivity index (χ0n) is 16.3. The molecular formula is C19H20N4O5S. The Kier molecular flexibility index (Phi) is 4.26. The number of carbonyl (C=O) groups excluding carboxylic acids is 1. The summed E-state index contributed by atoms with van der Waals surface area (Å²) < 4.78 is 31.9. The van der Waals surface area contributed by atoms with E-state index in [0.717, 1.165) is 6.26 Å². The molecule has 0 saturated carbocycles. The Balaban J connectivity index is 2.08. The zero-order valence-corrected chi connectivity index (χ0v) is 17.1. The molecule has 2 aromatic heterocycles. The summed E-state index contributed by atoms with van der Waals surface area (Å²) >= 11 is 0. The zero-order chi connectivity index (χ0) is 21.1. The SMILES string of the molecule is CC(C)C1Oc2c(cc(S(C)(=O)=O)cc2-c2cn(C)c(=O)c3[nH]ncc23)NC1=O. The molecule has 1 amide bonds. The van der Waals surface area contributed by atoms with E-state index >= 15 is 0 Å². The van der Waals surface area contributed by atoms with Crippen LogP contribution in [0.4, 0.5) is 5.69 Å². The molecule has 0 saturated heterocycles. The molecule has 1 unspecified atom stereocenters. The lowest BCUT2D eigenvalue weighted by molar-refractivity contribution is -0.125. The average Bonchev–Trinajstić information content (AvgIpc) is 3.12. The largest absolute Gasteiger partial charge is 0.477 e. The minimum atomic E-state index is -3.57. The molecule has 9 nitrogen and oxygen atoms in total. The predicted octanol–water partition coefficient (Wildman–Crippen LogP) is 1.69. The minimum Gasteiger partial charge on any atom is -0.477 e. The quantitative estimate of drug-likeness (QED) is 0.670. The minimum absolute atomic E-state index is 0.0312. The maximum absolute atomic E-state index is 12.4. The van der Waals surface area contributed by atoms with E-state index in [-0.39, 0.29) is 28.0 Å². The third kappa shape index (κ3) is 3.09. The molecule has 1 aliphatic rings. The van der Waals surface area contributed by atoms with Crippen molar-refractivity contribution >= 4 is 32.3 Å². The molecule has 0 fully saturated rings. The number of H-pyrrole nitrogens is 1. The summed E-state index contributed by atoms with van der Waals surface area (Å²) in [6.45, 7) is 3.72. The highest BCUT2D eigenvalue weighted by Gasteiger charge is 2.33. The Morgan fingerprint density at radius 2 is 1.93 bits per heavy atom. The number of anilines is 1. The number of nitrogens with zero attached hydrogens (tertiary/aromatic N) is 2. The van der Waals surface area contributed by atoms with Crippen LogP contribution in [-0.4, -0.2) is 41.4 Å². The summed E-state index contributed by atoms with van der Waals surface area (Å²) in [5.74, 6) is -0.0745. The Morgan fingerprint density at radius 3 is 2.59 bits per heavy atom. The van der Waals surface area contributed by atoms with Crippen molar-refractivity contribution in [3.8, 4) is 16.9 Å². The second kappa shape index (κ2) is 6.45. The summed E-state index contributed by atoms with van der Waals surface area (Å²) in [5.41, 5.74) is 1.33. The van der Waals surface area contributed by atoms with Gasteiger partial charge in [-0.2, -0.15) is 5.10 Å². The number of benzene rings is 1. The van der Waals surface area contributed by atoms with Gasteiger partial charge < -0.3 is 14.6 Å². The number of aromatic amines is 1. The van der Waals surface area contributed by atoms with Crippen molar-refractivity contribution in [2.45, 2.75) is 24.8 Å². The number of hydrogen-bond acceptors (Lipinski definition) is 6. The number of aromatic nitrogens is 3. The van der Waals surface area contributed by atoms with Crippen LogP contribution in [0.15, 0.2) is 34.2 Å². The van der Waals surface area contributed by atoms with Crippen molar-refractivity contribution in [2.24, 2.45) is 13.0 Å². The van der Waals surface area contributed by atoms with Crippen molar-refractivity contribution < 1.29 is 17.9 Å². The highest BCUT2D eigenvalue weighted by atomic mass is 32.2. The van der Waals surface area contributed by atoms with Crippen LogP contribution in [0.2, 0.25) is 0 Å². The van der Waals surface area contributed by atoms with Crippen LogP contribution in [0.1, 0.15) is 13.8 Å². The third-order valence-corrected chi connectivity index (χ3v) is 6.03. The summed E-state index contributed by atoms with van der Waals surface area (Å²) in [7, 11) is -1.98. The number of amides is 1. The first-order valence-corrected chi connectivity index (χ1v) is 10.9. The van der Waals surface area contributed by atoms with Gasteiger partial charge in [0.15, 0.2) is 21.7 Å². The molecule has 0 aliphatic carbocycles. The molecule has 2 N–H and O–H groups in total. The Hall–Kier alpha value is -3.14. The van der Waals surface area contributed by atoms with Gasteiger partial charge in [-0.25, -0.2) is 8.42 Å². The standard InChI is InChI=1S/C19H20N4O5S/c1-9(2)16-18(24)21-14-6-10(29(4,26)27)5-11(17(14)28-16)13-8-23(3)19(25)15-12(13)7-20-22-15/h5-9,16H,1-4H3,(H,20,22)(H,21,24). The number of rotatable bonds is 3. The van der Waals surface area contributed by atoms with Crippen molar-refractivity contribution in [1.29, 1.82) is 0 Å². The first-order chi connectivity index (χ1) is 13.6. The summed E-state index contributed by atoms with van der Waals surface area (Å²) in [5, 5.41) is 9.94. The molecule has 3 aromatic rings. The van der Waals surface area contributed by atoms with Gasteiger partial charge in [0.25, 0.3) is 11.5 Å². The molecule has 0 spiro atoms. The molecule has 29 heavy (non-hydrogen) atoms. The lowest BCUT2D eigenvalue weighted by Crippen LogP contribution is -2.40. The fraction of sp³-hybridized carbons (Fsp3) is 0.316. The normalized spacial score (nSPS) is 16.6. The van der Waals surface area contributed by atoms with Crippen LogP contribution >= 0.6 is 0 Å². The molecule has 1 aromatic carbocycles. The van der Waals surface area contributed by atoms with Crippen LogP contribution in [0.5, 0.6) is 5.75 Å². The smallest absolute Gasteiger partial charge is 0.276 e. The van der Waals surface area contributed by atoms with E-state index < -0.39 is 15.9 Å². The van der Waals surface area contributed by atoms with Crippen LogP contribution in [-0.2, 0) is 21.7 Å². The van der Waals surface area contributed by atoms with Gasteiger partial charge in [-0.15, -0.1) is 0 Å². The monoisotopic (exact) mass is 416 g/mol. The first kappa shape index (κ1) is 19.2. The van der Waals surface area contributed by atoms with Gasteiger partial charge in [-0.05, 0) is 18.1 Å². The Labute approximate surface area is 166 Å². The van der Waals surface area contributed by atoms with Crippen LogP contribution in [0, 0.1) is 5.92 Å². The van der Waals surface area contributed by atoms with Crippen molar-refractivity contribution in [1.82, 2.24) is 14.8 Å². The van der Waals surface area contributed by atoms with Gasteiger partial charge in [0.2, 0.25) is 0 Å². The molecule has 0 radical (unpaired) electrons. The van der Waals surface area contributed by atoms with Crippen molar-refractivity contribution in [2.75, 3.05) is 11.6 Å². The fourth-order valence-corrected chi connectivity index (χ4v) is 4.09. The maximum atomic E-state index is 12.4. The highest BCUT2D eigenvalue weighted by molar-refractivity contribution is 7.90. The molecule has 0 bridgehead atoms. The fourth-order valence-electron chi connectivity index (χ4n) is 3.43. The second-order valence-corrected chi connectivity index (χ2v) is 9.52. The third-order valence-electron chi connectivity index (χ3n) is 4.93. The topological polar surface area (TPSA) is 123 Å². The van der Waals surface area contributed by atoms with Gasteiger partial charge in [-0.1, -0.05) is 13.8 Å². The van der Waals surface area contributed by atoms with Gasteiger partial charge in [0.05, 0.1) is 16.8 Å². The van der Waals surface area contributed by atoms with Gasteiger partial charge in [0, 0.05) is 36.0 Å². The Bertz CT molecular complexity index is 1320. The van der Waals surface area contributed by atoms with Crippen molar-refractivity contribution in [3.05, 3.63) is 34.9 Å². The second-order valence-electron chi connectivity index (χ2n) is 7.51. The number of sulfone groups is 1. The average molecular weight is 416 g/mol. The van der Waals surface area contributed by atoms with Crippen LogP contribution < -0.4 is 15.6 Å². The Morgan fingerprint density at radius 1 is 1.21 bits per heavy atom. The molecule has 1 atom stereocenters. The number of pyridine rings is 1. The van der Waals surface area contributed by atoms with E-state index in [1.807, 2.05) is 13.8 Å². The van der Waals surface area contributed by atoms with E-state index in [9.17, 15) is 18.0 Å². The van der Waals surface area contributed by atoms with Crippen LogP contribution in [0.25, 0.3) is 22.0 Å². The summed E-state index contributed by atoms with van der Waals surface area (Å²) in [6.07, 6.45) is 3.48. The van der Waals surface area contributed by atoms with E-state index in [2.05, 4.69) is 15.5 Å². The molecular weight excluding hydrogens is 396 g/mol. The van der Waals surface area contributed by atoms with E-state index in [1.54, 1.807) is 13.2 Å². The number of nitrogens with one attached hydrogen (secondary N) is 2. The number of ether oxygens (including phenoxy) is 1. The highest BCUT2D eigenvalue weighted by Crippen LogP contribution is 2.44. The lowest BCUT2D eigenvalue weighted by Gasteiger charge is -2.30.